The maximum absolute atomic E-state index is 12.6. The van der Waals surface area contributed by atoms with E-state index in [2.05, 4.69) is 11.8 Å². The number of amides is 1. The molecule has 0 radical (unpaired) electrons. The van der Waals surface area contributed by atoms with Crippen LogP contribution in [0, 0.1) is 0 Å². The highest BCUT2D eigenvalue weighted by Gasteiger charge is 2.25. The fraction of sp³-hybridized carbons (Fsp3) is 0.562. The zero-order valence-corrected chi connectivity index (χ0v) is 11.3. The molecule has 0 N–H and O–H groups in total. The SMILES string of the molecule is CCCN(C(=O)c1ccccc1)C1CCCCC1. The lowest BCUT2D eigenvalue weighted by Crippen LogP contribution is -2.41. The first kappa shape index (κ1) is 13.1. The Bertz CT molecular complexity index is 368. The van der Waals surface area contributed by atoms with Crippen LogP contribution in [-0.4, -0.2) is 23.4 Å². The summed E-state index contributed by atoms with van der Waals surface area (Å²) in [5.41, 5.74) is 0.830. The average molecular weight is 245 g/mol. The molecule has 1 saturated carbocycles. The molecule has 2 rings (SSSR count). The van der Waals surface area contributed by atoms with Crippen molar-refractivity contribution in [1.82, 2.24) is 4.90 Å². The molecule has 0 bridgehead atoms. The molecule has 0 aromatic heterocycles. The van der Waals surface area contributed by atoms with Crippen molar-refractivity contribution in [3.63, 3.8) is 0 Å². The highest BCUT2D eigenvalue weighted by Crippen LogP contribution is 2.24. The number of carbonyl (C=O) groups excluding carboxylic acids is 1. The predicted molar refractivity (Wildman–Crippen MR) is 74.6 cm³/mol. The quantitative estimate of drug-likeness (QED) is 0.788. The van der Waals surface area contributed by atoms with Gasteiger partial charge in [-0.05, 0) is 31.4 Å². The number of hydrogen-bond acceptors (Lipinski definition) is 1. The Labute approximate surface area is 110 Å². The molecule has 0 heterocycles. The monoisotopic (exact) mass is 245 g/mol. The maximum Gasteiger partial charge on any atom is 0.254 e. The number of carbonyl (C=O) groups is 1. The second kappa shape index (κ2) is 6.58. The normalized spacial score (nSPS) is 16.5. The molecule has 1 amide bonds. The predicted octanol–water partition coefficient (Wildman–Crippen LogP) is 3.87. The molecule has 18 heavy (non-hydrogen) atoms. The summed E-state index contributed by atoms with van der Waals surface area (Å²) < 4.78 is 0. The molecule has 1 fully saturated rings. The van der Waals surface area contributed by atoms with E-state index in [0.717, 1.165) is 18.5 Å². The van der Waals surface area contributed by atoms with Crippen LogP contribution in [0.15, 0.2) is 30.3 Å². The summed E-state index contributed by atoms with van der Waals surface area (Å²) >= 11 is 0. The summed E-state index contributed by atoms with van der Waals surface area (Å²) in [4.78, 5) is 14.7. The molecule has 0 aliphatic heterocycles. The zero-order chi connectivity index (χ0) is 12.8. The maximum atomic E-state index is 12.6. The van der Waals surface area contributed by atoms with Crippen LogP contribution >= 0.6 is 0 Å². The van der Waals surface area contributed by atoms with Crippen LogP contribution in [-0.2, 0) is 0 Å². The van der Waals surface area contributed by atoms with E-state index < -0.39 is 0 Å². The Morgan fingerprint density at radius 2 is 1.83 bits per heavy atom. The second-order valence-corrected chi connectivity index (χ2v) is 5.16. The molecule has 1 aliphatic carbocycles. The van der Waals surface area contributed by atoms with Gasteiger partial charge in [-0.3, -0.25) is 4.79 Å². The summed E-state index contributed by atoms with van der Waals surface area (Å²) in [5.74, 6) is 0.212. The third-order valence-electron chi connectivity index (χ3n) is 3.76. The molecule has 0 unspecified atom stereocenters. The Balaban J connectivity index is 2.11. The van der Waals surface area contributed by atoms with Gasteiger partial charge in [0.2, 0.25) is 0 Å². The van der Waals surface area contributed by atoms with Crippen molar-refractivity contribution in [2.45, 2.75) is 51.5 Å². The molecular formula is C16H23NO. The van der Waals surface area contributed by atoms with Crippen molar-refractivity contribution in [2.24, 2.45) is 0 Å². The van der Waals surface area contributed by atoms with E-state index in [0.29, 0.717) is 6.04 Å². The van der Waals surface area contributed by atoms with Gasteiger partial charge in [-0.1, -0.05) is 44.4 Å². The van der Waals surface area contributed by atoms with Gasteiger partial charge in [0.1, 0.15) is 0 Å². The van der Waals surface area contributed by atoms with Crippen molar-refractivity contribution in [1.29, 1.82) is 0 Å². The molecule has 0 saturated heterocycles. The van der Waals surface area contributed by atoms with Gasteiger partial charge in [0.15, 0.2) is 0 Å². The lowest BCUT2D eigenvalue weighted by Gasteiger charge is -2.34. The minimum Gasteiger partial charge on any atom is -0.336 e. The summed E-state index contributed by atoms with van der Waals surface area (Å²) in [7, 11) is 0. The van der Waals surface area contributed by atoms with Crippen LogP contribution in [0.25, 0.3) is 0 Å². The fourth-order valence-corrected chi connectivity index (χ4v) is 2.83. The van der Waals surface area contributed by atoms with Gasteiger partial charge >= 0.3 is 0 Å². The van der Waals surface area contributed by atoms with Crippen molar-refractivity contribution in [2.75, 3.05) is 6.54 Å². The molecule has 2 heteroatoms. The number of benzene rings is 1. The van der Waals surface area contributed by atoms with Gasteiger partial charge in [-0.25, -0.2) is 0 Å². The van der Waals surface area contributed by atoms with E-state index in [1.54, 1.807) is 0 Å². The Morgan fingerprint density at radius 3 is 2.44 bits per heavy atom. The van der Waals surface area contributed by atoms with Crippen molar-refractivity contribution in [3.05, 3.63) is 35.9 Å². The van der Waals surface area contributed by atoms with Gasteiger partial charge < -0.3 is 4.90 Å². The van der Waals surface area contributed by atoms with E-state index in [1.165, 1.54) is 32.1 Å². The first-order valence-corrected chi connectivity index (χ1v) is 7.19. The molecule has 0 spiro atoms. The Morgan fingerprint density at radius 1 is 1.17 bits per heavy atom. The first-order chi connectivity index (χ1) is 8.83. The standard InChI is InChI=1S/C16H23NO/c1-2-13-17(15-11-7-4-8-12-15)16(18)14-9-5-3-6-10-14/h3,5-6,9-10,15H,2,4,7-8,11-13H2,1H3. The van der Waals surface area contributed by atoms with Gasteiger partial charge in [0, 0.05) is 18.2 Å². The lowest BCUT2D eigenvalue weighted by molar-refractivity contribution is 0.0634. The summed E-state index contributed by atoms with van der Waals surface area (Å²) in [6.07, 6.45) is 7.27. The van der Waals surface area contributed by atoms with Crippen LogP contribution in [0.5, 0.6) is 0 Å². The largest absolute Gasteiger partial charge is 0.336 e. The Kier molecular flexibility index (Phi) is 4.80. The molecule has 2 nitrogen and oxygen atoms in total. The Hall–Kier alpha value is -1.31. The minimum atomic E-state index is 0.212. The van der Waals surface area contributed by atoms with Crippen LogP contribution in [0.1, 0.15) is 55.8 Å². The highest BCUT2D eigenvalue weighted by atomic mass is 16.2. The van der Waals surface area contributed by atoms with Crippen LogP contribution in [0.2, 0.25) is 0 Å². The molecule has 1 aliphatic rings. The first-order valence-electron chi connectivity index (χ1n) is 7.19. The summed E-state index contributed by atoms with van der Waals surface area (Å²) in [5, 5.41) is 0. The van der Waals surface area contributed by atoms with Crippen LogP contribution < -0.4 is 0 Å². The van der Waals surface area contributed by atoms with Gasteiger partial charge in [-0.15, -0.1) is 0 Å². The van der Waals surface area contributed by atoms with E-state index in [9.17, 15) is 4.79 Å². The van der Waals surface area contributed by atoms with Crippen LogP contribution in [0.3, 0.4) is 0 Å². The number of rotatable bonds is 4. The van der Waals surface area contributed by atoms with Gasteiger partial charge in [-0.2, -0.15) is 0 Å². The van der Waals surface area contributed by atoms with Crippen molar-refractivity contribution < 1.29 is 4.79 Å². The molecular weight excluding hydrogens is 222 g/mol. The van der Waals surface area contributed by atoms with Gasteiger partial charge in [0.05, 0.1) is 0 Å². The molecule has 1 aromatic carbocycles. The molecule has 98 valence electrons. The van der Waals surface area contributed by atoms with Crippen molar-refractivity contribution >= 4 is 5.91 Å². The molecule has 0 atom stereocenters. The van der Waals surface area contributed by atoms with E-state index in [1.807, 2.05) is 30.3 Å². The average Bonchev–Trinajstić information content (AvgIpc) is 2.46. The van der Waals surface area contributed by atoms with E-state index >= 15 is 0 Å². The van der Waals surface area contributed by atoms with E-state index in [4.69, 9.17) is 0 Å². The van der Waals surface area contributed by atoms with E-state index in [-0.39, 0.29) is 5.91 Å². The van der Waals surface area contributed by atoms with Crippen molar-refractivity contribution in [3.8, 4) is 0 Å². The second-order valence-electron chi connectivity index (χ2n) is 5.16. The highest BCUT2D eigenvalue weighted by molar-refractivity contribution is 5.94. The smallest absolute Gasteiger partial charge is 0.254 e. The lowest BCUT2D eigenvalue weighted by atomic mass is 9.93. The number of nitrogens with zero attached hydrogens (tertiary/aromatic N) is 1. The van der Waals surface area contributed by atoms with Crippen LogP contribution in [0.4, 0.5) is 0 Å². The summed E-state index contributed by atoms with van der Waals surface area (Å²) in [6.45, 7) is 3.03. The minimum absolute atomic E-state index is 0.212. The third kappa shape index (κ3) is 3.12. The third-order valence-corrected chi connectivity index (χ3v) is 3.76. The van der Waals surface area contributed by atoms with Gasteiger partial charge in [0.25, 0.3) is 5.91 Å². The zero-order valence-electron chi connectivity index (χ0n) is 11.3. The summed E-state index contributed by atoms with van der Waals surface area (Å²) in [6, 6.07) is 10.2. The fourth-order valence-electron chi connectivity index (χ4n) is 2.83. The molecule has 1 aromatic rings. The topological polar surface area (TPSA) is 20.3 Å². The number of hydrogen-bond donors (Lipinski definition) is 0.